The molecule has 1 aromatic rings. The van der Waals surface area contributed by atoms with E-state index in [9.17, 15) is 4.39 Å². The number of nitrogens with one attached hydrogen (secondary N) is 1. The van der Waals surface area contributed by atoms with Gasteiger partial charge in [-0.2, -0.15) is 0 Å². The Morgan fingerprint density at radius 2 is 2.33 bits per heavy atom. The molecule has 1 aliphatic rings. The zero-order valence-electron chi connectivity index (χ0n) is 8.96. The second-order valence-electron chi connectivity index (χ2n) is 3.95. The fraction of sp³-hybridized carbons (Fsp3) is 0.455. The molecule has 1 atom stereocenters. The van der Waals surface area contributed by atoms with Crippen LogP contribution in [0.2, 0.25) is 0 Å². The quantitative estimate of drug-likeness (QED) is 0.759. The third-order valence-corrected chi connectivity index (χ3v) is 2.40. The fourth-order valence-electron chi connectivity index (χ4n) is 1.69. The number of hydrogen-bond donors (Lipinski definition) is 1. The molecule has 0 radical (unpaired) electrons. The minimum atomic E-state index is -0.196. The van der Waals surface area contributed by atoms with Crippen molar-refractivity contribution in [2.75, 3.05) is 20.6 Å². The summed E-state index contributed by atoms with van der Waals surface area (Å²) >= 11 is 0. The van der Waals surface area contributed by atoms with E-state index in [1.165, 1.54) is 6.07 Å². The molecule has 0 aliphatic carbocycles. The fourth-order valence-corrected chi connectivity index (χ4v) is 1.69. The molecule has 0 fully saturated rings. The number of benzene rings is 1. The molecule has 4 heteroatoms. The van der Waals surface area contributed by atoms with Crippen LogP contribution in [-0.4, -0.2) is 31.8 Å². The van der Waals surface area contributed by atoms with Crippen molar-refractivity contribution in [2.24, 2.45) is 0 Å². The number of ether oxygens (including phenoxy) is 1. The van der Waals surface area contributed by atoms with Gasteiger partial charge in [-0.25, -0.2) is 4.39 Å². The van der Waals surface area contributed by atoms with Crippen molar-refractivity contribution in [1.29, 1.82) is 0 Å². The molecule has 1 aliphatic heterocycles. The third kappa shape index (κ3) is 2.46. The number of hydrogen-bond acceptors (Lipinski definition) is 3. The summed E-state index contributed by atoms with van der Waals surface area (Å²) in [6.45, 7) is 0.739. The molecule has 82 valence electrons. The van der Waals surface area contributed by atoms with Crippen LogP contribution in [0.4, 0.5) is 4.39 Å². The predicted octanol–water partition coefficient (Wildman–Crippen LogP) is 1.20. The highest BCUT2D eigenvalue weighted by Crippen LogP contribution is 2.28. The van der Waals surface area contributed by atoms with Crippen molar-refractivity contribution in [2.45, 2.75) is 12.5 Å². The molecule has 1 unspecified atom stereocenters. The number of nitrogens with zero attached hydrogens (tertiary/aromatic N) is 1. The van der Waals surface area contributed by atoms with Gasteiger partial charge in [-0.15, -0.1) is 0 Å². The Morgan fingerprint density at radius 3 is 3.07 bits per heavy atom. The first kappa shape index (κ1) is 10.4. The Kier molecular flexibility index (Phi) is 2.88. The van der Waals surface area contributed by atoms with E-state index in [0.29, 0.717) is 0 Å². The van der Waals surface area contributed by atoms with Gasteiger partial charge < -0.3 is 4.74 Å². The molecular formula is C11H15FN2O. The molecule has 1 N–H and O–H groups in total. The van der Waals surface area contributed by atoms with Gasteiger partial charge in [0.2, 0.25) is 0 Å². The normalized spacial score (nSPS) is 19.1. The summed E-state index contributed by atoms with van der Waals surface area (Å²) in [5.74, 6) is 0.612. The zero-order valence-corrected chi connectivity index (χ0v) is 8.96. The largest absolute Gasteiger partial charge is 0.488 e. The van der Waals surface area contributed by atoms with E-state index in [1.807, 2.05) is 19.1 Å². The summed E-state index contributed by atoms with van der Waals surface area (Å²) < 4.78 is 18.6. The van der Waals surface area contributed by atoms with Crippen LogP contribution in [0, 0.1) is 5.82 Å². The number of halogens is 1. The van der Waals surface area contributed by atoms with Crippen molar-refractivity contribution >= 4 is 0 Å². The van der Waals surface area contributed by atoms with Gasteiger partial charge in [-0.05, 0) is 18.2 Å². The summed E-state index contributed by atoms with van der Waals surface area (Å²) in [6.07, 6.45) is 0.873. The highest BCUT2D eigenvalue weighted by Gasteiger charge is 2.22. The molecule has 0 amide bonds. The topological polar surface area (TPSA) is 24.5 Å². The van der Waals surface area contributed by atoms with E-state index < -0.39 is 0 Å². The van der Waals surface area contributed by atoms with Gasteiger partial charge in [0, 0.05) is 32.6 Å². The lowest BCUT2D eigenvalue weighted by molar-refractivity contribution is 0.181. The standard InChI is InChI=1S/C11H15FN2O/c1-14(2)13-7-10-6-8-5-9(12)3-4-11(8)15-10/h3-5,10,13H,6-7H2,1-2H3. The first-order valence-electron chi connectivity index (χ1n) is 5.01. The summed E-state index contributed by atoms with van der Waals surface area (Å²) in [5.41, 5.74) is 4.11. The molecule has 2 rings (SSSR count). The predicted molar refractivity (Wildman–Crippen MR) is 56.2 cm³/mol. The van der Waals surface area contributed by atoms with Crippen LogP contribution in [0.3, 0.4) is 0 Å². The van der Waals surface area contributed by atoms with Crippen LogP contribution in [0.1, 0.15) is 5.56 Å². The number of hydrazine groups is 1. The summed E-state index contributed by atoms with van der Waals surface area (Å²) in [7, 11) is 3.86. The average molecular weight is 210 g/mol. The van der Waals surface area contributed by atoms with E-state index in [2.05, 4.69) is 5.43 Å². The maximum Gasteiger partial charge on any atom is 0.123 e. The van der Waals surface area contributed by atoms with Crippen LogP contribution in [0.15, 0.2) is 18.2 Å². The maximum atomic E-state index is 12.9. The van der Waals surface area contributed by atoms with Crippen LogP contribution in [0.5, 0.6) is 5.75 Å². The van der Waals surface area contributed by atoms with E-state index in [0.717, 1.165) is 24.3 Å². The minimum Gasteiger partial charge on any atom is -0.488 e. The monoisotopic (exact) mass is 210 g/mol. The highest BCUT2D eigenvalue weighted by atomic mass is 19.1. The molecule has 15 heavy (non-hydrogen) atoms. The number of fused-ring (bicyclic) bond motifs is 1. The van der Waals surface area contributed by atoms with Gasteiger partial charge in [0.1, 0.15) is 17.7 Å². The van der Waals surface area contributed by atoms with Crippen LogP contribution in [0.25, 0.3) is 0 Å². The molecule has 0 saturated carbocycles. The average Bonchev–Trinajstić information content (AvgIpc) is 2.56. The SMILES string of the molecule is CN(C)NCC1Cc2cc(F)ccc2O1. The van der Waals surface area contributed by atoms with Crippen molar-refractivity contribution in [3.63, 3.8) is 0 Å². The summed E-state index contributed by atoms with van der Waals surface area (Å²) in [4.78, 5) is 0. The molecular weight excluding hydrogens is 195 g/mol. The molecule has 0 saturated heterocycles. The van der Waals surface area contributed by atoms with Crippen molar-refractivity contribution < 1.29 is 9.13 Å². The maximum absolute atomic E-state index is 12.9. The molecule has 0 bridgehead atoms. The Hall–Kier alpha value is -1.13. The van der Waals surface area contributed by atoms with Crippen molar-refractivity contribution in [3.8, 4) is 5.75 Å². The van der Waals surface area contributed by atoms with E-state index >= 15 is 0 Å². The van der Waals surface area contributed by atoms with Gasteiger partial charge in [-0.3, -0.25) is 10.4 Å². The van der Waals surface area contributed by atoms with Gasteiger partial charge in [0.05, 0.1) is 0 Å². The van der Waals surface area contributed by atoms with Crippen molar-refractivity contribution in [1.82, 2.24) is 10.4 Å². The Balaban J connectivity index is 1.97. The lowest BCUT2D eigenvalue weighted by Gasteiger charge is -2.16. The molecule has 1 heterocycles. The first-order valence-corrected chi connectivity index (χ1v) is 5.01. The molecule has 0 aromatic heterocycles. The Bertz CT molecular complexity index is 354. The third-order valence-electron chi connectivity index (χ3n) is 2.40. The molecule has 0 spiro atoms. The molecule has 1 aromatic carbocycles. The highest BCUT2D eigenvalue weighted by molar-refractivity contribution is 5.37. The Labute approximate surface area is 88.8 Å². The first-order chi connectivity index (χ1) is 7.15. The lowest BCUT2D eigenvalue weighted by atomic mass is 10.1. The van der Waals surface area contributed by atoms with Crippen LogP contribution >= 0.6 is 0 Å². The van der Waals surface area contributed by atoms with E-state index in [4.69, 9.17) is 4.74 Å². The zero-order chi connectivity index (χ0) is 10.8. The van der Waals surface area contributed by atoms with Crippen LogP contribution in [-0.2, 0) is 6.42 Å². The lowest BCUT2D eigenvalue weighted by Crippen LogP contribution is -2.38. The molecule has 3 nitrogen and oxygen atoms in total. The number of rotatable bonds is 3. The van der Waals surface area contributed by atoms with E-state index in [1.54, 1.807) is 12.1 Å². The van der Waals surface area contributed by atoms with Gasteiger partial charge >= 0.3 is 0 Å². The van der Waals surface area contributed by atoms with E-state index in [-0.39, 0.29) is 11.9 Å². The second kappa shape index (κ2) is 4.16. The minimum absolute atomic E-state index is 0.101. The second-order valence-corrected chi connectivity index (χ2v) is 3.95. The van der Waals surface area contributed by atoms with Crippen molar-refractivity contribution in [3.05, 3.63) is 29.6 Å². The summed E-state index contributed by atoms with van der Waals surface area (Å²) in [5, 5.41) is 1.88. The van der Waals surface area contributed by atoms with Gasteiger partial charge in [0.25, 0.3) is 0 Å². The smallest absolute Gasteiger partial charge is 0.123 e. The summed E-state index contributed by atoms with van der Waals surface area (Å²) in [6, 6.07) is 4.67. The van der Waals surface area contributed by atoms with Crippen LogP contribution < -0.4 is 10.2 Å². The Morgan fingerprint density at radius 1 is 1.53 bits per heavy atom. The van der Waals surface area contributed by atoms with Gasteiger partial charge in [-0.1, -0.05) is 0 Å². The van der Waals surface area contributed by atoms with Gasteiger partial charge in [0.15, 0.2) is 0 Å².